The highest BCUT2D eigenvalue weighted by Gasteiger charge is 2.26. The normalized spacial score (nSPS) is 17.4. The lowest BCUT2D eigenvalue weighted by Gasteiger charge is -2.22. The molecule has 4 nitrogen and oxygen atoms in total. The van der Waals surface area contributed by atoms with Crippen LogP contribution in [0.1, 0.15) is 23.2 Å². The van der Waals surface area contributed by atoms with Crippen LogP contribution in [0.25, 0.3) is 0 Å². The van der Waals surface area contributed by atoms with Crippen LogP contribution in [0.2, 0.25) is 5.02 Å². The standard InChI is InChI=1S/C13H16ClNO3S/c1-19(17,18)12-3-2-10(14)8-11(12)13(16)9-4-6-15-7-5-9/h2-3,8-9,15H,4-7H2,1H3. The first-order chi connectivity index (χ1) is 8.89. The minimum Gasteiger partial charge on any atom is -0.317 e. The third-order valence-electron chi connectivity index (χ3n) is 3.32. The van der Waals surface area contributed by atoms with Gasteiger partial charge in [0.1, 0.15) is 0 Å². The second-order valence-electron chi connectivity index (χ2n) is 4.80. The summed E-state index contributed by atoms with van der Waals surface area (Å²) < 4.78 is 23.5. The van der Waals surface area contributed by atoms with Crippen LogP contribution in [0.4, 0.5) is 0 Å². The summed E-state index contributed by atoms with van der Waals surface area (Å²) in [5.41, 5.74) is 0.224. The first-order valence-corrected chi connectivity index (χ1v) is 8.41. The lowest BCUT2D eigenvalue weighted by molar-refractivity contribution is 0.0891. The van der Waals surface area contributed by atoms with Crippen molar-refractivity contribution >= 4 is 27.2 Å². The minimum absolute atomic E-state index is 0.0698. The molecule has 2 rings (SSSR count). The van der Waals surface area contributed by atoms with Crippen LogP contribution in [0.15, 0.2) is 23.1 Å². The summed E-state index contributed by atoms with van der Waals surface area (Å²) in [4.78, 5) is 12.5. The molecule has 1 aromatic carbocycles. The Morgan fingerprint density at radius 3 is 2.53 bits per heavy atom. The summed E-state index contributed by atoms with van der Waals surface area (Å²) in [6.07, 6.45) is 2.57. The maximum atomic E-state index is 12.5. The molecule has 0 atom stereocenters. The van der Waals surface area contributed by atoms with Gasteiger partial charge >= 0.3 is 0 Å². The summed E-state index contributed by atoms with van der Waals surface area (Å²) in [5.74, 6) is -0.246. The Labute approximate surface area is 118 Å². The highest BCUT2D eigenvalue weighted by Crippen LogP contribution is 2.26. The van der Waals surface area contributed by atoms with Gasteiger partial charge in [0.15, 0.2) is 15.6 Å². The lowest BCUT2D eigenvalue weighted by Crippen LogP contribution is -2.32. The number of benzene rings is 1. The van der Waals surface area contributed by atoms with Gasteiger partial charge in [0, 0.05) is 22.8 Å². The molecule has 1 aliphatic heterocycles. The number of ketones is 1. The van der Waals surface area contributed by atoms with Gasteiger partial charge in [-0.25, -0.2) is 8.42 Å². The number of nitrogens with one attached hydrogen (secondary N) is 1. The summed E-state index contributed by atoms with van der Waals surface area (Å²) in [6, 6.07) is 4.37. The molecule has 0 unspecified atom stereocenters. The first-order valence-electron chi connectivity index (χ1n) is 6.14. The van der Waals surface area contributed by atoms with Crippen LogP contribution in [-0.4, -0.2) is 33.5 Å². The van der Waals surface area contributed by atoms with Gasteiger partial charge in [0.2, 0.25) is 0 Å². The number of Topliss-reactive ketones (excluding diaryl/α,β-unsaturated/α-hetero) is 1. The summed E-state index contributed by atoms with van der Waals surface area (Å²) >= 11 is 5.89. The van der Waals surface area contributed by atoms with Crippen molar-refractivity contribution in [2.24, 2.45) is 5.92 Å². The molecule has 1 aliphatic rings. The SMILES string of the molecule is CS(=O)(=O)c1ccc(Cl)cc1C(=O)C1CCNCC1. The van der Waals surface area contributed by atoms with Crippen LogP contribution < -0.4 is 5.32 Å². The maximum Gasteiger partial charge on any atom is 0.176 e. The molecule has 1 fully saturated rings. The van der Waals surface area contributed by atoms with Crippen LogP contribution in [0.3, 0.4) is 0 Å². The van der Waals surface area contributed by atoms with Gasteiger partial charge in [-0.05, 0) is 44.1 Å². The second-order valence-corrected chi connectivity index (χ2v) is 7.22. The van der Waals surface area contributed by atoms with Crippen molar-refractivity contribution < 1.29 is 13.2 Å². The molecule has 0 bridgehead atoms. The molecule has 0 radical (unpaired) electrons. The molecule has 0 saturated carbocycles. The third kappa shape index (κ3) is 3.35. The fourth-order valence-corrected chi connectivity index (χ4v) is 3.37. The number of rotatable bonds is 3. The van der Waals surface area contributed by atoms with E-state index in [1.807, 2.05) is 0 Å². The molecule has 1 heterocycles. The number of hydrogen-bond donors (Lipinski definition) is 1. The maximum absolute atomic E-state index is 12.5. The number of sulfone groups is 1. The number of hydrogen-bond acceptors (Lipinski definition) is 4. The topological polar surface area (TPSA) is 63.2 Å². The molecule has 19 heavy (non-hydrogen) atoms. The van der Waals surface area contributed by atoms with Crippen molar-refractivity contribution in [3.05, 3.63) is 28.8 Å². The van der Waals surface area contributed by atoms with Crippen LogP contribution in [0.5, 0.6) is 0 Å². The van der Waals surface area contributed by atoms with Crippen molar-refractivity contribution in [1.82, 2.24) is 5.32 Å². The average molecular weight is 302 g/mol. The zero-order valence-electron chi connectivity index (χ0n) is 10.6. The number of halogens is 1. The Kier molecular flexibility index (Phi) is 4.28. The third-order valence-corrected chi connectivity index (χ3v) is 4.71. The van der Waals surface area contributed by atoms with E-state index in [1.165, 1.54) is 18.2 Å². The van der Waals surface area contributed by atoms with Gasteiger partial charge in [-0.2, -0.15) is 0 Å². The Bertz CT molecular complexity index is 592. The number of carbonyl (C=O) groups is 1. The Morgan fingerprint density at radius 1 is 1.32 bits per heavy atom. The summed E-state index contributed by atoms with van der Waals surface area (Å²) in [6.45, 7) is 1.57. The predicted octanol–water partition coefficient (Wildman–Crippen LogP) is 1.93. The van der Waals surface area contributed by atoms with Crippen molar-refractivity contribution in [2.75, 3.05) is 19.3 Å². The Morgan fingerprint density at radius 2 is 1.95 bits per heavy atom. The molecule has 0 aliphatic carbocycles. The molecule has 6 heteroatoms. The molecule has 104 valence electrons. The van der Waals surface area contributed by atoms with Crippen molar-refractivity contribution in [2.45, 2.75) is 17.7 Å². The lowest BCUT2D eigenvalue weighted by atomic mass is 9.89. The molecular weight excluding hydrogens is 286 g/mol. The second kappa shape index (κ2) is 5.61. The van der Waals surface area contributed by atoms with Gasteiger partial charge < -0.3 is 5.32 Å². The van der Waals surface area contributed by atoms with Gasteiger partial charge in [-0.1, -0.05) is 11.6 Å². The molecular formula is C13H16ClNO3S. The molecule has 1 aromatic rings. The average Bonchev–Trinajstić information content (AvgIpc) is 2.37. The Hall–Kier alpha value is -0.910. The minimum atomic E-state index is -3.43. The van der Waals surface area contributed by atoms with Crippen LogP contribution >= 0.6 is 11.6 Å². The van der Waals surface area contributed by atoms with Gasteiger partial charge in [0.25, 0.3) is 0 Å². The highest BCUT2D eigenvalue weighted by molar-refractivity contribution is 7.90. The van der Waals surface area contributed by atoms with Crippen LogP contribution in [-0.2, 0) is 9.84 Å². The molecule has 1 saturated heterocycles. The van der Waals surface area contributed by atoms with Crippen molar-refractivity contribution in [3.63, 3.8) is 0 Å². The molecule has 0 amide bonds. The molecule has 0 spiro atoms. The highest BCUT2D eigenvalue weighted by atomic mass is 35.5. The van der Waals surface area contributed by atoms with E-state index in [1.54, 1.807) is 0 Å². The van der Waals surface area contributed by atoms with E-state index in [9.17, 15) is 13.2 Å². The van der Waals surface area contributed by atoms with Crippen molar-refractivity contribution in [1.29, 1.82) is 0 Å². The number of piperidine rings is 1. The van der Waals surface area contributed by atoms with E-state index in [4.69, 9.17) is 11.6 Å². The fraction of sp³-hybridized carbons (Fsp3) is 0.462. The molecule has 1 N–H and O–H groups in total. The summed E-state index contributed by atoms with van der Waals surface area (Å²) in [7, 11) is -3.43. The molecule has 0 aromatic heterocycles. The first kappa shape index (κ1) is 14.5. The van der Waals surface area contributed by atoms with E-state index in [0.29, 0.717) is 5.02 Å². The van der Waals surface area contributed by atoms with Crippen LogP contribution in [0, 0.1) is 5.92 Å². The monoisotopic (exact) mass is 301 g/mol. The summed E-state index contributed by atoms with van der Waals surface area (Å²) in [5, 5.41) is 3.56. The van der Waals surface area contributed by atoms with E-state index in [0.717, 1.165) is 32.2 Å². The van der Waals surface area contributed by atoms with E-state index in [2.05, 4.69) is 5.32 Å². The Balaban J connectivity index is 2.42. The zero-order valence-corrected chi connectivity index (χ0v) is 12.2. The van der Waals surface area contributed by atoms with E-state index >= 15 is 0 Å². The van der Waals surface area contributed by atoms with E-state index in [-0.39, 0.29) is 22.2 Å². The van der Waals surface area contributed by atoms with Gasteiger partial charge in [-0.3, -0.25) is 4.79 Å². The van der Waals surface area contributed by atoms with Gasteiger partial charge in [-0.15, -0.1) is 0 Å². The number of carbonyl (C=O) groups excluding carboxylic acids is 1. The predicted molar refractivity (Wildman–Crippen MR) is 74.5 cm³/mol. The fourth-order valence-electron chi connectivity index (χ4n) is 2.32. The quantitative estimate of drug-likeness (QED) is 0.867. The van der Waals surface area contributed by atoms with Gasteiger partial charge in [0.05, 0.1) is 4.90 Å². The van der Waals surface area contributed by atoms with Crippen molar-refractivity contribution in [3.8, 4) is 0 Å². The largest absolute Gasteiger partial charge is 0.317 e. The zero-order chi connectivity index (χ0) is 14.0. The van der Waals surface area contributed by atoms with E-state index < -0.39 is 9.84 Å². The smallest absolute Gasteiger partial charge is 0.176 e.